The molecule has 2 heterocycles. The van der Waals surface area contributed by atoms with Crippen molar-refractivity contribution in [2.75, 3.05) is 12.4 Å². The first-order valence-electron chi connectivity index (χ1n) is 5.92. The Morgan fingerprint density at radius 3 is 2.88 bits per heavy atom. The Morgan fingerprint density at radius 1 is 1.65 bits per heavy atom. The molecule has 0 aliphatic carbocycles. The molecule has 0 radical (unpaired) electrons. The number of rotatable bonds is 2. The Bertz CT molecular complexity index is 429. The molecule has 0 aromatic carbocycles. The summed E-state index contributed by atoms with van der Waals surface area (Å²) in [7, 11) is 1.80. The van der Waals surface area contributed by atoms with Crippen LogP contribution >= 0.6 is 11.6 Å². The highest BCUT2D eigenvalue weighted by Gasteiger charge is 2.35. The Kier molecular flexibility index (Phi) is 3.43. The Hall–Kier alpha value is -1.03. The molecule has 4 nitrogen and oxygen atoms in total. The molecule has 1 aromatic rings. The minimum Gasteiger partial charge on any atom is -0.333 e. The van der Waals surface area contributed by atoms with Gasteiger partial charge in [0, 0.05) is 25.5 Å². The maximum Gasteiger partial charge on any atom is 0.272 e. The molecule has 1 aliphatic heterocycles. The number of halogens is 1. The molecule has 1 aromatic heterocycles. The van der Waals surface area contributed by atoms with Gasteiger partial charge >= 0.3 is 0 Å². The van der Waals surface area contributed by atoms with Crippen molar-refractivity contribution in [1.82, 2.24) is 14.7 Å². The summed E-state index contributed by atoms with van der Waals surface area (Å²) >= 11 is 5.96. The number of hydrogen-bond donors (Lipinski definition) is 0. The Balaban J connectivity index is 2.23. The van der Waals surface area contributed by atoms with Gasteiger partial charge in [0.2, 0.25) is 0 Å². The van der Waals surface area contributed by atoms with E-state index in [-0.39, 0.29) is 11.9 Å². The lowest BCUT2D eigenvalue weighted by molar-refractivity contribution is 0.0726. The molecule has 2 atom stereocenters. The normalized spacial score (nSPS) is 24.4. The van der Waals surface area contributed by atoms with Crippen LogP contribution in [0.15, 0.2) is 6.07 Å². The van der Waals surface area contributed by atoms with Crippen LogP contribution in [0.1, 0.15) is 29.5 Å². The molecule has 5 heteroatoms. The second kappa shape index (κ2) is 4.69. The minimum atomic E-state index is 0.0445. The Labute approximate surface area is 107 Å². The third kappa shape index (κ3) is 2.18. The van der Waals surface area contributed by atoms with Gasteiger partial charge in [0.15, 0.2) is 0 Å². The van der Waals surface area contributed by atoms with E-state index in [1.54, 1.807) is 11.7 Å². The molecule has 94 valence electrons. The monoisotopic (exact) mass is 255 g/mol. The summed E-state index contributed by atoms with van der Waals surface area (Å²) in [4.78, 5) is 14.3. The highest BCUT2D eigenvalue weighted by Crippen LogP contribution is 2.26. The van der Waals surface area contributed by atoms with Gasteiger partial charge in [-0.05, 0) is 25.3 Å². The lowest BCUT2D eigenvalue weighted by atomic mass is 10.1. The summed E-state index contributed by atoms with van der Waals surface area (Å²) in [5.41, 5.74) is 1.51. The molecule has 0 bridgehead atoms. The first-order chi connectivity index (χ1) is 8.04. The van der Waals surface area contributed by atoms with Gasteiger partial charge < -0.3 is 4.90 Å². The van der Waals surface area contributed by atoms with E-state index < -0.39 is 0 Å². The average molecular weight is 256 g/mol. The lowest BCUT2D eigenvalue weighted by Gasteiger charge is -2.24. The Morgan fingerprint density at radius 2 is 2.35 bits per heavy atom. The van der Waals surface area contributed by atoms with Crippen LogP contribution in [0.2, 0.25) is 0 Å². The van der Waals surface area contributed by atoms with Crippen molar-refractivity contribution < 1.29 is 4.79 Å². The van der Waals surface area contributed by atoms with Crippen LogP contribution < -0.4 is 0 Å². The average Bonchev–Trinajstić information content (AvgIpc) is 2.80. The molecule has 2 rings (SSSR count). The van der Waals surface area contributed by atoms with Gasteiger partial charge in [0.25, 0.3) is 5.91 Å². The molecule has 0 spiro atoms. The maximum absolute atomic E-state index is 12.4. The van der Waals surface area contributed by atoms with Crippen molar-refractivity contribution in [3.05, 3.63) is 17.5 Å². The zero-order valence-electron chi connectivity index (χ0n) is 10.5. The molecule has 0 saturated carbocycles. The van der Waals surface area contributed by atoms with Gasteiger partial charge in [0.05, 0.1) is 5.69 Å². The number of alkyl halides is 1. The molecule has 1 amide bonds. The van der Waals surface area contributed by atoms with Gasteiger partial charge in [-0.15, -0.1) is 11.6 Å². The standard InChI is InChI=1S/C12H18ClN3O/c1-8-4-5-16(11(8)7-13)12(17)10-6-9(2)14-15(10)3/h6,8,11H,4-5,7H2,1-3H3. The summed E-state index contributed by atoms with van der Waals surface area (Å²) in [6, 6.07) is 1.98. The smallest absolute Gasteiger partial charge is 0.272 e. The van der Waals surface area contributed by atoms with Gasteiger partial charge in [-0.1, -0.05) is 6.92 Å². The fourth-order valence-corrected chi connectivity index (χ4v) is 2.92. The van der Waals surface area contributed by atoms with Gasteiger partial charge in [-0.25, -0.2) is 0 Å². The number of carbonyl (C=O) groups is 1. The number of amides is 1. The molecule has 2 unspecified atom stereocenters. The first kappa shape index (κ1) is 12.4. The van der Waals surface area contributed by atoms with Gasteiger partial charge in [-0.3, -0.25) is 9.48 Å². The van der Waals surface area contributed by atoms with E-state index in [2.05, 4.69) is 12.0 Å². The number of aromatic nitrogens is 2. The van der Waals surface area contributed by atoms with E-state index in [0.717, 1.165) is 18.7 Å². The topological polar surface area (TPSA) is 38.1 Å². The number of nitrogens with zero attached hydrogens (tertiary/aromatic N) is 3. The summed E-state index contributed by atoms with van der Waals surface area (Å²) in [5.74, 6) is 1.03. The number of carbonyl (C=O) groups excluding carboxylic acids is 1. The zero-order valence-corrected chi connectivity index (χ0v) is 11.2. The van der Waals surface area contributed by atoms with Crippen LogP contribution in [0.4, 0.5) is 0 Å². The molecule has 17 heavy (non-hydrogen) atoms. The fourth-order valence-electron chi connectivity index (χ4n) is 2.45. The predicted octanol–water partition coefficient (Wildman–Crippen LogP) is 1.82. The van der Waals surface area contributed by atoms with Gasteiger partial charge in [0.1, 0.15) is 5.69 Å². The summed E-state index contributed by atoms with van der Waals surface area (Å²) in [6.07, 6.45) is 1.03. The quantitative estimate of drug-likeness (QED) is 0.756. The van der Waals surface area contributed by atoms with Crippen LogP contribution in [0.25, 0.3) is 0 Å². The highest BCUT2D eigenvalue weighted by molar-refractivity contribution is 6.18. The minimum absolute atomic E-state index is 0.0445. The molecular formula is C12H18ClN3O. The van der Waals surface area contributed by atoms with Crippen LogP contribution in [-0.4, -0.2) is 39.1 Å². The van der Waals surface area contributed by atoms with Crippen molar-refractivity contribution in [2.45, 2.75) is 26.3 Å². The fraction of sp³-hybridized carbons (Fsp3) is 0.667. The largest absolute Gasteiger partial charge is 0.333 e. The number of hydrogen-bond acceptors (Lipinski definition) is 2. The third-order valence-electron chi connectivity index (χ3n) is 3.52. The lowest BCUT2D eigenvalue weighted by Crippen LogP contribution is -2.39. The van der Waals surface area contributed by atoms with Gasteiger partial charge in [-0.2, -0.15) is 5.10 Å². The van der Waals surface area contributed by atoms with Crippen LogP contribution in [0.3, 0.4) is 0 Å². The van der Waals surface area contributed by atoms with E-state index in [0.29, 0.717) is 17.5 Å². The van der Waals surface area contributed by atoms with Crippen molar-refractivity contribution in [3.8, 4) is 0 Å². The van der Waals surface area contributed by atoms with E-state index in [9.17, 15) is 4.79 Å². The van der Waals surface area contributed by atoms with Crippen molar-refractivity contribution in [3.63, 3.8) is 0 Å². The van der Waals surface area contributed by atoms with Crippen molar-refractivity contribution >= 4 is 17.5 Å². The van der Waals surface area contributed by atoms with Crippen LogP contribution in [0, 0.1) is 12.8 Å². The van der Waals surface area contributed by atoms with Crippen LogP contribution in [0.5, 0.6) is 0 Å². The van der Waals surface area contributed by atoms with Crippen molar-refractivity contribution in [2.24, 2.45) is 13.0 Å². The van der Waals surface area contributed by atoms with E-state index in [4.69, 9.17) is 11.6 Å². The zero-order chi connectivity index (χ0) is 12.6. The SMILES string of the molecule is Cc1cc(C(=O)N2CCC(C)C2CCl)n(C)n1. The second-order valence-electron chi connectivity index (χ2n) is 4.78. The summed E-state index contributed by atoms with van der Waals surface area (Å²) < 4.78 is 1.64. The predicted molar refractivity (Wildman–Crippen MR) is 67.3 cm³/mol. The molecule has 1 saturated heterocycles. The van der Waals surface area contributed by atoms with E-state index in [1.807, 2.05) is 17.9 Å². The molecular weight excluding hydrogens is 238 g/mol. The number of aryl methyl sites for hydroxylation is 2. The number of likely N-dealkylation sites (tertiary alicyclic amines) is 1. The highest BCUT2D eigenvalue weighted by atomic mass is 35.5. The van der Waals surface area contributed by atoms with E-state index in [1.165, 1.54) is 0 Å². The van der Waals surface area contributed by atoms with Crippen LogP contribution in [-0.2, 0) is 7.05 Å². The molecule has 1 fully saturated rings. The van der Waals surface area contributed by atoms with E-state index >= 15 is 0 Å². The second-order valence-corrected chi connectivity index (χ2v) is 5.09. The molecule has 0 N–H and O–H groups in total. The maximum atomic E-state index is 12.4. The summed E-state index contributed by atoms with van der Waals surface area (Å²) in [6.45, 7) is 4.83. The summed E-state index contributed by atoms with van der Waals surface area (Å²) in [5, 5.41) is 4.21. The van der Waals surface area contributed by atoms with Crippen molar-refractivity contribution in [1.29, 1.82) is 0 Å². The third-order valence-corrected chi connectivity index (χ3v) is 3.84. The first-order valence-corrected chi connectivity index (χ1v) is 6.45. The molecule has 1 aliphatic rings.